The molecule has 1 aromatic heterocycles. The Morgan fingerprint density at radius 1 is 1.21 bits per heavy atom. The van der Waals surface area contributed by atoms with Crippen LogP contribution in [-0.4, -0.2) is 40.4 Å². The van der Waals surface area contributed by atoms with Crippen molar-refractivity contribution in [2.24, 2.45) is 11.8 Å². The lowest BCUT2D eigenvalue weighted by molar-refractivity contribution is -0.134. The number of nitrogens with one attached hydrogen (secondary N) is 1. The van der Waals surface area contributed by atoms with Crippen LogP contribution in [0.2, 0.25) is 0 Å². The van der Waals surface area contributed by atoms with Crippen molar-refractivity contribution in [3.63, 3.8) is 0 Å². The second kappa shape index (κ2) is 7.81. The van der Waals surface area contributed by atoms with Gasteiger partial charge in [-0.25, -0.2) is 18.7 Å². The monoisotopic (exact) mass is 386 g/mol. The van der Waals surface area contributed by atoms with Crippen molar-refractivity contribution in [1.29, 1.82) is 0 Å². The van der Waals surface area contributed by atoms with Crippen molar-refractivity contribution in [3.05, 3.63) is 53.4 Å². The summed E-state index contributed by atoms with van der Waals surface area (Å²) in [6.07, 6.45) is 5.99. The molecule has 5 nitrogen and oxygen atoms in total. The molecule has 2 atom stereocenters. The fourth-order valence-electron chi connectivity index (χ4n) is 3.93. The molecule has 0 spiro atoms. The minimum atomic E-state index is -0.846. The van der Waals surface area contributed by atoms with Crippen molar-refractivity contribution in [1.82, 2.24) is 14.9 Å². The van der Waals surface area contributed by atoms with Gasteiger partial charge in [-0.05, 0) is 55.2 Å². The smallest absolute Gasteiger partial charge is 0.226 e. The number of amides is 1. The third kappa shape index (κ3) is 3.98. The van der Waals surface area contributed by atoms with Gasteiger partial charge < -0.3 is 10.2 Å². The Morgan fingerprint density at radius 3 is 2.64 bits per heavy atom. The molecule has 2 fully saturated rings. The van der Waals surface area contributed by atoms with E-state index < -0.39 is 11.6 Å². The molecule has 1 aliphatic carbocycles. The summed E-state index contributed by atoms with van der Waals surface area (Å²) < 4.78 is 27.4. The number of nitrogens with zero attached hydrogens (tertiary/aromatic N) is 3. The summed E-state index contributed by atoms with van der Waals surface area (Å²) >= 11 is 0. The summed E-state index contributed by atoms with van der Waals surface area (Å²) in [6, 6.07) is 4.20. The lowest BCUT2D eigenvalue weighted by atomic mass is 9.96. The summed E-state index contributed by atoms with van der Waals surface area (Å²) in [5.74, 6) is -0.908. The lowest BCUT2D eigenvalue weighted by Gasteiger charge is -2.32. The van der Waals surface area contributed by atoms with E-state index >= 15 is 0 Å². The molecule has 2 heterocycles. The Hall–Kier alpha value is -2.57. The summed E-state index contributed by atoms with van der Waals surface area (Å²) in [7, 11) is 0. The number of aryl methyl sites for hydroxylation is 1. The average molecular weight is 386 g/mol. The molecule has 1 N–H and O–H groups in total. The Balaban J connectivity index is 1.25. The molecule has 1 saturated carbocycles. The Labute approximate surface area is 163 Å². The van der Waals surface area contributed by atoms with Crippen LogP contribution in [0.4, 0.5) is 14.7 Å². The third-order valence-electron chi connectivity index (χ3n) is 5.74. The van der Waals surface area contributed by atoms with Crippen LogP contribution in [0.3, 0.4) is 0 Å². The fourth-order valence-corrected chi connectivity index (χ4v) is 3.93. The first-order valence-electron chi connectivity index (χ1n) is 9.78. The first-order chi connectivity index (χ1) is 13.5. The molecule has 28 heavy (non-hydrogen) atoms. The highest BCUT2D eigenvalue weighted by atomic mass is 19.2. The topological polar surface area (TPSA) is 58.1 Å². The number of piperidine rings is 1. The largest absolute Gasteiger partial charge is 0.354 e. The van der Waals surface area contributed by atoms with E-state index in [9.17, 15) is 13.6 Å². The van der Waals surface area contributed by atoms with Gasteiger partial charge in [-0.3, -0.25) is 4.79 Å². The quantitative estimate of drug-likeness (QED) is 0.854. The van der Waals surface area contributed by atoms with Crippen LogP contribution in [-0.2, 0) is 4.79 Å². The number of carbonyl (C=O) groups is 1. The van der Waals surface area contributed by atoms with Crippen LogP contribution in [0.15, 0.2) is 30.6 Å². The number of carbonyl (C=O) groups excluding carboxylic acids is 1. The van der Waals surface area contributed by atoms with Gasteiger partial charge in [-0.15, -0.1) is 0 Å². The number of rotatable bonds is 5. The molecule has 7 heteroatoms. The van der Waals surface area contributed by atoms with Gasteiger partial charge in [-0.1, -0.05) is 12.1 Å². The zero-order valence-corrected chi connectivity index (χ0v) is 15.9. The number of hydrogen-bond acceptors (Lipinski definition) is 4. The summed E-state index contributed by atoms with van der Waals surface area (Å²) in [4.78, 5) is 23.1. The minimum Gasteiger partial charge on any atom is -0.354 e. The molecule has 148 valence electrons. The highest BCUT2D eigenvalue weighted by Crippen LogP contribution is 2.49. The average Bonchev–Trinajstić information content (AvgIpc) is 3.50. The number of likely N-dealkylation sites (tertiary alicyclic amines) is 1. The van der Waals surface area contributed by atoms with E-state index in [-0.39, 0.29) is 17.7 Å². The molecule has 0 radical (unpaired) electrons. The van der Waals surface area contributed by atoms with Crippen molar-refractivity contribution in [2.45, 2.75) is 32.1 Å². The van der Waals surface area contributed by atoms with E-state index in [0.717, 1.165) is 31.0 Å². The van der Waals surface area contributed by atoms with Crippen LogP contribution < -0.4 is 5.32 Å². The van der Waals surface area contributed by atoms with E-state index in [0.29, 0.717) is 36.9 Å². The first kappa shape index (κ1) is 18.8. The minimum absolute atomic E-state index is 0.0712. The number of hydrogen-bond donors (Lipinski definition) is 1. The van der Waals surface area contributed by atoms with Crippen LogP contribution in [0.1, 0.15) is 36.3 Å². The van der Waals surface area contributed by atoms with Gasteiger partial charge >= 0.3 is 0 Å². The second-order valence-corrected chi connectivity index (χ2v) is 7.83. The summed E-state index contributed by atoms with van der Waals surface area (Å²) in [6.45, 7) is 4.14. The molecule has 1 amide bonds. The summed E-state index contributed by atoms with van der Waals surface area (Å²) in [5.41, 5.74) is 1.35. The first-order valence-corrected chi connectivity index (χ1v) is 9.78. The summed E-state index contributed by atoms with van der Waals surface area (Å²) in [5, 5.41) is 3.26. The molecule has 1 saturated heterocycles. The van der Waals surface area contributed by atoms with Gasteiger partial charge in [0.1, 0.15) is 0 Å². The number of halogens is 2. The third-order valence-corrected chi connectivity index (χ3v) is 5.74. The molecular weight excluding hydrogens is 362 g/mol. The van der Waals surface area contributed by atoms with Gasteiger partial charge in [0.2, 0.25) is 11.9 Å². The van der Waals surface area contributed by atoms with Gasteiger partial charge in [-0.2, -0.15) is 0 Å². The van der Waals surface area contributed by atoms with Crippen LogP contribution in [0, 0.1) is 30.4 Å². The fraction of sp³-hybridized carbons (Fsp3) is 0.476. The lowest BCUT2D eigenvalue weighted by Crippen LogP contribution is -2.41. The molecule has 2 aromatic rings. The highest BCUT2D eigenvalue weighted by Gasteiger charge is 2.47. The number of aromatic nitrogens is 2. The predicted octanol–water partition coefficient (Wildman–Crippen LogP) is 3.52. The van der Waals surface area contributed by atoms with Gasteiger partial charge in [0.05, 0.1) is 0 Å². The normalized spacial score (nSPS) is 22.2. The Kier molecular flexibility index (Phi) is 5.24. The molecule has 2 unspecified atom stereocenters. The van der Waals surface area contributed by atoms with E-state index in [2.05, 4.69) is 15.3 Å². The van der Waals surface area contributed by atoms with Crippen molar-refractivity contribution in [2.75, 3.05) is 25.0 Å². The molecule has 0 bridgehead atoms. The maximum Gasteiger partial charge on any atom is 0.226 e. The van der Waals surface area contributed by atoms with E-state index in [1.54, 1.807) is 18.5 Å². The van der Waals surface area contributed by atoms with Crippen molar-refractivity contribution in [3.8, 4) is 0 Å². The zero-order chi connectivity index (χ0) is 19.7. The van der Waals surface area contributed by atoms with Crippen LogP contribution >= 0.6 is 0 Å². The van der Waals surface area contributed by atoms with Gasteiger partial charge in [0.15, 0.2) is 11.6 Å². The maximum absolute atomic E-state index is 14.0. The number of anilines is 1. The molecule has 2 aliphatic rings. The van der Waals surface area contributed by atoms with Crippen LogP contribution in [0.25, 0.3) is 0 Å². The van der Waals surface area contributed by atoms with E-state index in [1.165, 1.54) is 6.07 Å². The number of benzene rings is 1. The van der Waals surface area contributed by atoms with Crippen molar-refractivity contribution >= 4 is 11.9 Å². The molecular formula is C21H24F2N4O. The molecule has 1 aromatic carbocycles. The maximum atomic E-state index is 14.0. The Bertz CT molecular complexity index is 850. The van der Waals surface area contributed by atoms with Gasteiger partial charge in [0, 0.05) is 37.9 Å². The molecule has 1 aliphatic heterocycles. The van der Waals surface area contributed by atoms with Gasteiger partial charge in [0.25, 0.3) is 0 Å². The standard InChI is InChI=1S/C21H24F2N4O/c1-13-10-24-21(25-11-13)26-12-14-5-7-27(8-6-14)20(28)17-9-16(17)15-3-2-4-18(22)19(15)23/h2-4,10-11,14,16-17H,5-9,12H2,1H3,(H,24,25,26). The SMILES string of the molecule is Cc1cnc(NCC2CCN(C(=O)C3CC3c3cccc(F)c3F)CC2)nc1. The molecule has 4 rings (SSSR count). The van der Waals surface area contributed by atoms with Crippen LogP contribution in [0.5, 0.6) is 0 Å². The Morgan fingerprint density at radius 2 is 1.93 bits per heavy atom. The second-order valence-electron chi connectivity index (χ2n) is 7.83. The van der Waals surface area contributed by atoms with E-state index in [4.69, 9.17) is 0 Å². The van der Waals surface area contributed by atoms with E-state index in [1.807, 2.05) is 11.8 Å². The highest BCUT2D eigenvalue weighted by molar-refractivity contribution is 5.83. The zero-order valence-electron chi connectivity index (χ0n) is 15.9. The van der Waals surface area contributed by atoms with Crippen molar-refractivity contribution < 1.29 is 13.6 Å². The predicted molar refractivity (Wildman–Crippen MR) is 102 cm³/mol.